The van der Waals surface area contributed by atoms with Crippen LogP contribution in [-0.4, -0.2) is 67.2 Å². The third kappa shape index (κ3) is 4.99. The minimum atomic E-state index is -3.72. The first-order chi connectivity index (χ1) is 9.95. The molecule has 1 rings (SSSR count). The summed E-state index contributed by atoms with van der Waals surface area (Å²) >= 11 is 3.12. The van der Waals surface area contributed by atoms with Gasteiger partial charge in [0.2, 0.25) is 5.03 Å². The fourth-order valence-electron chi connectivity index (χ4n) is 1.69. The second-order valence-corrected chi connectivity index (χ2v) is 6.71. The first-order valence-electron chi connectivity index (χ1n) is 6.65. The number of hydrogen-bond acceptors (Lipinski definition) is 6. The van der Waals surface area contributed by atoms with Crippen LogP contribution in [0.4, 0.5) is 0 Å². The summed E-state index contributed by atoms with van der Waals surface area (Å²) in [5, 5.41) is 7.45. The Hall–Kier alpha value is -0.550. The second-order valence-electron chi connectivity index (χ2n) is 4.11. The summed E-state index contributed by atoms with van der Waals surface area (Å²) in [6.07, 6.45) is 0. The average Bonchev–Trinajstić information content (AvgIpc) is 2.77. The van der Waals surface area contributed by atoms with E-state index in [4.69, 9.17) is 9.47 Å². The Kier molecular flexibility index (Phi) is 7.74. The SMILES string of the molecule is CCOCCN(CCOCC)S(=O)(=O)c1c(Br)nnn1C. The van der Waals surface area contributed by atoms with Crippen LogP contribution in [0.1, 0.15) is 13.8 Å². The van der Waals surface area contributed by atoms with E-state index in [1.807, 2.05) is 13.8 Å². The maximum Gasteiger partial charge on any atom is 0.263 e. The van der Waals surface area contributed by atoms with Gasteiger partial charge in [-0.05, 0) is 29.8 Å². The van der Waals surface area contributed by atoms with Gasteiger partial charge in [0, 0.05) is 33.4 Å². The van der Waals surface area contributed by atoms with E-state index in [1.54, 1.807) is 0 Å². The third-order valence-electron chi connectivity index (χ3n) is 2.70. The first-order valence-corrected chi connectivity index (χ1v) is 8.89. The van der Waals surface area contributed by atoms with Gasteiger partial charge >= 0.3 is 0 Å². The molecule has 0 spiro atoms. The zero-order valence-corrected chi connectivity index (χ0v) is 14.9. The van der Waals surface area contributed by atoms with Gasteiger partial charge in [-0.3, -0.25) is 0 Å². The molecule has 0 aliphatic rings. The van der Waals surface area contributed by atoms with E-state index in [0.717, 1.165) is 0 Å². The molecule has 10 heteroatoms. The smallest absolute Gasteiger partial charge is 0.263 e. The third-order valence-corrected chi connectivity index (χ3v) is 5.49. The maximum atomic E-state index is 12.7. The number of rotatable bonds is 10. The maximum absolute atomic E-state index is 12.7. The summed E-state index contributed by atoms with van der Waals surface area (Å²) in [6.45, 7) is 5.95. The quantitative estimate of drug-likeness (QED) is 0.550. The molecule has 0 aromatic carbocycles. The van der Waals surface area contributed by atoms with Crippen molar-refractivity contribution in [3.05, 3.63) is 4.60 Å². The van der Waals surface area contributed by atoms with Crippen LogP contribution in [-0.2, 0) is 26.5 Å². The average molecular weight is 385 g/mol. The van der Waals surface area contributed by atoms with Crippen LogP contribution in [0.15, 0.2) is 9.63 Å². The molecule has 0 N–H and O–H groups in total. The fourth-order valence-corrected chi connectivity index (χ4v) is 4.13. The van der Waals surface area contributed by atoms with Crippen molar-refractivity contribution in [2.75, 3.05) is 39.5 Å². The van der Waals surface area contributed by atoms with Gasteiger partial charge in [0.25, 0.3) is 10.0 Å². The molecule has 1 heterocycles. The number of nitrogens with zero attached hydrogens (tertiary/aromatic N) is 4. The highest BCUT2D eigenvalue weighted by Gasteiger charge is 2.30. The Morgan fingerprint density at radius 2 is 1.71 bits per heavy atom. The van der Waals surface area contributed by atoms with Crippen LogP contribution in [0.25, 0.3) is 0 Å². The highest BCUT2D eigenvalue weighted by atomic mass is 79.9. The lowest BCUT2D eigenvalue weighted by Crippen LogP contribution is -2.37. The Morgan fingerprint density at radius 3 is 2.10 bits per heavy atom. The first kappa shape index (κ1) is 18.5. The topological polar surface area (TPSA) is 86.6 Å². The number of hydrogen-bond donors (Lipinski definition) is 0. The predicted octanol–water partition coefficient (Wildman–Crippen LogP) is 0.641. The van der Waals surface area contributed by atoms with Gasteiger partial charge in [0.1, 0.15) is 0 Å². The van der Waals surface area contributed by atoms with E-state index in [1.165, 1.54) is 16.0 Å². The monoisotopic (exact) mass is 384 g/mol. The van der Waals surface area contributed by atoms with Crippen LogP contribution >= 0.6 is 15.9 Å². The summed E-state index contributed by atoms with van der Waals surface area (Å²) in [4.78, 5) is 0. The van der Waals surface area contributed by atoms with Gasteiger partial charge in [-0.25, -0.2) is 13.1 Å². The van der Waals surface area contributed by atoms with E-state index in [0.29, 0.717) is 26.4 Å². The van der Waals surface area contributed by atoms with Crippen LogP contribution in [0.5, 0.6) is 0 Å². The molecule has 0 bridgehead atoms. The Balaban J connectivity index is 2.93. The summed E-state index contributed by atoms with van der Waals surface area (Å²) in [5.41, 5.74) is 0. The molecule has 0 radical (unpaired) electrons. The molecule has 0 atom stereocenters. The van der Waals surface area contributed by atoms with Gasteiger partial charge in [0.05, 0.1) is 13.2 Å². The molecular formula is C11H21BrN4O4S. The standard InChI is InChI=1S/C11H21BrN4O4S/c1-4-19-8-6-16(7-9-20-5-2)21(17,18)11-10(12)13-14-15(11)3/h4-9H2,1-3H3. The summed E-state index contributed by atoms with van der Waals surface area (Å²) in [5.74, 6) is 0. The highest BCUT2D eigenvalue weighted by molar-refractivity contribution is 9.10. The van der Waals surface area contributed by atoms with Gasteiger partial charge in [-0.1, -0.05) is 5.21 Å². The van der Waals surface area contributed by atoms with E-state index in [-0.39, 0.29) is 22.7 Å². The normalized spacial score (nSPS) is 12.2. The highest BCUT2D eigenvalue weighted by Crippen LogP contribution is 2.21. The molecule has 8 nitrogen and oxygen atoms in total. The minimum absolute atomic E-state index is 0.0236. The lowest BCUT2D eigenvalue weighted by atomic mass is 10.6. The predicted molar refractivity (Wildman–Crippen MR) is 80.4 cm³/mol. The van der Waals surface area contributed by atoms with Crippen LogP contribution < -0.4 is 0 Å². The molecule has 0 fully saturated rings. The minimum Gasteiger partial charge on any atom is -0.380 e. The molecular weight excluding hydrogens is 364 g/mol. The van der Waals surface area contributed by atoms with Crippen molar-refractivity contribution in [2.24, 2.45) is 7.05 Å². The van der Waals surface area contributed by atoms with Crippen LogP contribution in [0, 0.1) is 0 Å². The number of sulfonamides is 1. The van der Waals surface area contributed by atoms with Gasteiger partial charge < -0.3 is 9.47 Å². The molecule has 0 saturated heterocycles. The molecule has 122 valence electrons. The molecule has 21 heavy (non-hydrogen) atoms. The summed E-state index contributed by atoms with van der Waals surface area (Å²) in [7, 11) is -2.18. The van der Waals surface area contributed by atoms with Crippen molar-refractivity contribution >= 4 is 26.0 Å². The number of ether oxygens (including phenoxy) is 2. The van der Waals surface area contributed by atoms with Crippen LogP contribution in [0.2, 0.25) is 0 Å². The summed E-state index contributed by atoms with van der Waals surface area (Å²) in [6, 6.07) is 0. The van der Waals surface area contributed by atoms with Crippen molar-refractivity contribution in [3.63, 3.8) is 0 Å². The molecule has 0 unspecified atom stereocenters. The van der Waals surface area contributed by atoms with Crippen molar-refractivity contribution in [1.29, 1.82) is 0 Å². The number of halogens is 1. The van der Waals surface area contributed by atoms with E-state index in [2.05, 4.69) is 26.2 Å². The van der Waals surface area contributed by atoms with Crippen molar-refractivity contribution in [3.8, 4) is 0 Å². The van der Waals surface area contributed by atoms with Crippen molar-refractivity contribution < 1.29 is 17.9 Å². The molecule has 0 saturated carbocycles. The van der Waals surface area contributed by atoms with Gasteiger partial charge in [-0.2, -0.15) is 4.31 Å². The number of aryl methyl sites for hydroxylation is 1. The van der Waals surface area contributed by atoms with Gasteiger partial charge in [-0.15, -0.1) is 5.10 Å². The van der Waals surface area contributed by atoms with E-state index in [9.17, 15) is 8.42 Å². The van der Waals surface area contributed by atoms with E-state index < -0.39 is 10.0 Å². The molecule has 0 aliphatic carbocycles. The van der Waals surface area contributed by atoms with Crippen molar-refractivity contribution in [2.45, 2.75) is 18.9 Å². The Bertz CT molecular complexity index is 505. The molecule has 0 aliphatic heterocycles. The Morgan fingerprint density at radius 1 is 1.19 bits per heavy atom. The van der Waals surface area contributed by atoms with E-state index >= 15 is 0 Å². The zero-order chi connectivity index (χ0) is 15.9. The number of aromatic nitrogens is 3. The van der Waals surface area contributed by atoms with Crippen molar-refractivity contribution in [1.82, 2.24) is 19.3 Å². The van der Waals surface area contributed by atoms with Crippen LogP contribution in [0.3, 0.4) is 0 Å². The molecule has 1 aromatic rings. The Labute approximate surface area is 133 Å². The lowest BCUT2D eigenvalue weighted by molar-refractivity contribution is 0.110. The molecule has 1 aromatic heterocycles. The largest absolute Gasteiger partial charge is 0.380 e. The fraction of sp³-hybridized carbons (Fsp3) is 0.818. The van der Waals surface area contributed by atoms with Gasteiger partial charge in [0.15, 0.2) is 4.60 Å². The second kappa shape index (κ2) is 8.79. The zero-order valence-electron chi connectivity index (χ0n) is 12.5. The summed E-state index contributed by atoms with van der Waals surface area (Å²) < 4.78 is 38.7. The molecule has 0 amide bonds. The lowest BCUT2D eigenvalue weighted by Gasteiger charge is -2.21.